The Morgan fingerprint density at radius 3 is 2.57 bits per heavy atom. The molecule has 1 unspecified atom stereocenters. The molecule has 1 aromatic carbocycles. The molecule has 0 bridgehead atoms. The van der Waals surface area contributed by atoms with E-state index in [4.69, 9.17) is 5.73 Å². The van der Waals surface area contributed by atoms with Crippen molar-refractivity contribution in [3.63, 3.8) is 0 Å². The summed E-state index contributed by atoms with van der Waals surface area (Å²) in [4.78, 5) is 15.4. The van der Waals surface area contributed by atoms with E-state index in [1.807, 2.05) is 4.90 Å². The molecule has 1 aliphatic heterocycles. The summed E-state index contributed by atoms with van der Waals surface area (Å²) in [6, 6.07) is 8.49. The Labute approximate surface area is 138 Å². The standard InChI is InChI=1S/C16H24N2OS.ClH/c1-12-4-6-13(7-5-12)20-10-15(19)18-9-8-14(17)16(2,3)11-18;/h4-7,14H,8-11,17H2,1-3H3;1H. The van der Waals surface area contributed by atoms with E-state index in [9.17, 15) is 4.79 Å². The normalized spacial score (nSPS) is 20.8. The quantitative estimate of drug-likeness (QED) is 0.867. The second kappa shape index (κ2) is 7.52. The SMILES string of the molecule is Cc1ccc(SCC(=O)N2CCC(N)C(C)(C)C2)cc1.Cl. The molecule has 1 saturated heterocycles. The summed E-state index contributed by atoms with van der Waals surface area (Å²) < 4.78 is 0. The maximum Gasteiger partial charge on any atom is 0.232 e. The highest BCUT2D eigenvalue weighted by Crippen LogP contribution is 2.28. The minimum Gasteiger partial charge on any atom is -0.341 e. The van der Waals surface area contributed by atoms with Crippen molar-refractivity contribution in [2.45, 2.75) is 38.1 Å². The van der Waals surface area contributed by atoms with Gasteiger partial charge in [0, 0.05) is 24.0 Å². The number of aryl methyl sites for hydroxylation is 1. The number of amides is 1. The molecular weight excluding hydrogens is 304 g/mol. The molecule has 1 aliphatic rings. The molecule has 0 aromatic heterocycles. The van der Waals surface area contributed by atoms with E-state index < -0.39 is 0 Å². The number of piperidine rings is 1. The number of thioether (sulfide) groups is 1. The van der Waals surface area contributed by atoms with Crippen molar-refractivity contribution in [2.24, 2.45) is 11.1 Å². The molecule has 2 N–H and O–H groups in total. The third-order valence-electron chi connectivity index (χ3n) is 4.05. The van der Waals surface area contributed by atoms with Gasteiger partial charge in [0.1, 0.15) is 0 Å². The summed E-state index contributed by atoms with van der Waals surface area (Å²) in [5.41, 5.74) is 7.37. The zero-order chi connectivity index (χ0) is 14.8. The molecule has 1 fully saturated rings. The van der Waals surface area contributed by atoms with E-state index in [-0.39, 0.29) is 29.8 Å². The van der Waals surface area contributed by atoms with Gasteiger partial charge in [-0.1, -0.05) is 31.5 Å². The first-order chi connectivity index (χ1) is 9.38. The number of carbonyl (C=O) groups excluding carboxylic acids is 1. The lowest BCUT2D eigenvalue weighted by Crippen LogP contribution is -2.54. The molecule has 21 heavy (non-hydrogen) atoms. The Morgan fingerprint density at radius 2 is 2.00 bits per heavy atom. The number of carbonyl (C=O) groups is 1. The molecule has 0 spiro atoms. The van der Waals surface area contributed by atoms with E-state index in [0.717, 1.165) is 24.4 Å². The van der Waals surface area contributed by atoms with Crippen LogP contribution in [0.3, 0.4) is 0 Å². The van der Waals surface area contributed by atoms with E-state index in [0.29, 0.717) is 5.75 Å². The van der Waals surface area contributed by atoms with Crippen LogP contribution in [-0.2, 0) is 4.79 Å². The summed E-state index contributed by atoms with van der Waals surface area (Å²) in [7, 11) is 0. The average molecular weight is 329 g/mol. The molecule has 1 atom stereocenters. The Hall–Kier alpha value is -0.710. The maximum atomic E-state index is 12.3. The molecule has 1 heterocycles. The van der Waals surface area contributed by atoms with Crippen molar-refractivity contribution in [3.05, 3.63) is 29.8 Å². The van der Waals surface area contributed by atoms with E-state index in [1.165, 1.54) is 5.56 Å². The van der Waals surface area contributed by atoms with Gasteiger partial charge in [0.2, 0.25) is 5.91 Å². The van der Waals surface area contributed by atoms with Crippen LogP contribution in [0.5, 0.6) is 0 Å². The highest BCUT2D eigenvalue weighted by atomic mass is 35.5. The Bertz CT molecular complexity index is 476. The predicted molar refractivity (Wildman–Crippen MR) is 92.1 cm³/mol. The van der Waals surface area contributed by atoms with Crippen molar-refractivity contribution >= 4 is 30.1 Å². The van der Waals surface area contributed by atoms with Gasteiger partial charge in [0.15, 0.2) is 0 Å². The first kappa shape index (κ1) is 18.3. The Morgan fingerprint density at radius 1 is 1.38 bits per heavy atom. The number of likely N-dealkylation sites (tertiary alicyclic amines) is 1. The monoisotopic (exact) mass is 328 g/mol. The van der Waals surface area contributed by atoms with Crippen molar-refractivity contribution in [2.75, 3.05) is 18.8 Å². The molecule has 1 amide bonds. The van der Waals surface area contributed by atoms with Gasteiger partial charge in [0.05, 0.1) is 5.75 Å². The molecule has 2 rings (SSSR count). The van der Waals surface area contributed by atoms with Crippen LogP contribution in [0.1, 0.15) is 25.8 Å². The van der Waals surface area contributed by atoms with Gasteiger partial charge < -0.3 is 10.6 Å². The van der Waals surface area contributed by atoms with Crippen molar-refractivity contribution in [1.82, 2.24) is 4.90 Å². The van der Waals surface area contributed by atoms with Crippen LogP contribution >= 0.6 is 24.2 Å². The number of benzene rings is 1. The molecule has 1 aromatic rings. The van der Waals surface area contributed by atoms with Crippen LogP contribution in [0.25, 0.3) is 0 Å². The van der Waals surface area contributed by atoms with Crippen LogP contribution in [0, 0.1) is 12.3 Å². The first-order valence-electron chi connectivity index (χ1n) is 7.11. The third-order valence-corrected chi connectivity index (χ3v) is 5.04. The molecular formula is C16H25ClN2OS. The highest BCUT2D eigenvalue weighted by molar-refractivity contribution is 8.00. The summed E-state index contributed by atoms with van der Waals surface area (Å²) in [5, 5.41) is 0. The zero-order valence-electron chi connectivity index (χ0n) is 13.0. The number of hydrogen-bond acceptors (Lipinski definition) is 3. The molecule has 3 nitrogen and oxygen atoms in total. The Kier molecular flexibility index (Phi) is 6.57. The predicted octanol–water partition coefficient (Wildman–Crippen LogP) is 3.09. The number of hydrogen-bond donors (Lipinski definition) is 1. The summed E-state index contributed by atoms with van der Waals surface area (Å²) in [5.74, 6) is 0.726. The lowest BCUT2D eigenvalue weighted by molar-refractivity contribution is -0.131. The lowest BCUT2D eigenvalue weighted by atomic mass is 9.80. The second-order valence-electron chi connectivity index (χ2n) is 6.30. The average Bonchev–Trinajstić information content (AvgIpc) is 2.41. The number of nitrogens with two attached hydrogens (primary N) is 1. The first-order valence-corrected chi connectivity index (χ1v) is 8.10. The van der Waals surface area contributed by atoms with Crippen molar-refractivity contribution < 1.29 is 4.79 Å². The van der Waals surface area contributed by atoms with Crippen LogP contribution in [-0.4, -0.2) is 35.7 Å². The smallest absolute Gasteiger partial charge is 0.232 e. The van der Waals surface area contributed by atoms with Crippen LogP contribution in [0.15, 0.2) is 29.2 Å². The minimum absolute atomic E-state index is 0. The fourth-order valence-electron chi connectivity index (χ4n) is 2.46. The van der Waals surface area contributed by atoms with Crippen LogP contribution < -0.4 is 5.73 Å². The van der Waals surface area contributed by atoms with Crippen molar-refractivity contribution in [1.29, 1.82) is 0 Å². The van der Waals surface area contributed by atoms with E-state index in [1.54, 1.807) is 11.8 Å². The highest BCUT2D eigenvalue weighted by Gasteiger charge is 2.35. The number of halogens is 1. The fourth-order valence-corrected chi connectivity index (χ4v) is 3.26. The van der Waals surface area contributed by atoms with Crippen LogP contribution in [0.2, 0.25) is 0 Å². The zero-order valence-corrected chi connectivity index (χ0v) is 14.6. The molecule has 0 radical (unpaired) electrons. The van der Waals surface area contributed by atoms with Crippen molar-refractivity contribution in [3.8, 4) is 0 Å². The largest absolute Gasteiger partial charge is 0.341 e. The van der Waals surface area contributed by atoms with Gasteiger partial charge in [0.25, 0.3) is 0 Å². The third kappa shape index (κ3) is 4.90. The van der Waals surface area contributed by atoms with Gasteiger partial charge in [-0.05, 0) is 30.9 Å². The fraction of sp³-hybridized carbons (Fsp3) is 0.562. The number of nitrogens with zero attached hydrogens (tertiary/aromatic N) is 1. The van der Waals surface area contributed by atoms with Gasteiger partial charge >= 0.3 is 0 Å². The lowest BCUT2D eigenvalue weighted by Gasteiger charge is -2.42. The summed E-state index contributed by atoms with van der Waals surface area (Å²) >= 11 is 1.61. The van der Waals surface area contributed by atoms with Gasteiger partial charge in [-0.25, -0.2) is 0 Å². The minimum atomic E-state index is 0. The van der Waals surface area contributed by atoms with Crippen LogP contribution in [0.4, 0.5) is 0 Å². The van der Waals surface area contributed by atoms with E-state index in [2.05, 4.69) is 45.0 Å². The molecule has 118 valence electrons. The van der Waals surface area contributed by atoms with Gasteiger partial charge in [-0.3, -0.25) is 4.79 Å². The Balaban J connectivity index is 0.00000220. The van der Waals surface area contributed by atoms with Gasteiger partial charge in [-0.15, -0.1) is 24.2 Å². The topological polar surface area (TPSA) is 46.3 Å². The summed E-state index contributed by atoms with van der Waals surface area (Å²) in [6.07, 6.45) is 0.897. The maximum absolute atomic E-state index is 12.3. The molecule has 5 heteroatoms. The molecule has 0 saturated carbocycles. The second-order valence-corrected chi connectivity index (χ2v) is 7.35. The molecule has 0 aliphatic carbocycles. The van der Waals surface area contributed by atoms with Gasteiger partial charge in [-0.2, -0.15) is 0 Å². The summed E-state index contributed by atoms with van der Waals surface area (Å²) in [6.45, 7) is 7.91. The number of rotatable bonds is 3. The van der Waals surface area contributed by atoms with E-state index >= 15 is 0 Å².